The van der Waals surface area contributed by atoms with Crippen LogP contribution < -0.4 is 16.1 Å². The number of para-hydroxylation sites is 1. The van der Waals surface area contributed by atoms with Crippen molar-refractivity contribution >= 4 is 39.1 Å². The summed E-state index contributed by atoms with van der Waals surface area (Å²) in [6.07, 6.45) is 3.10. The van der Waals surface area contributed by atoms with E-state index in [0.29, 0.717) is 16.8 Å². The number of ether oxygens (including phenoxy) is 1. The van der Waals surface area contributed by atoms with E-state index in [1.54, 1.807) is 36.4 Å². The first-order valence-electron chi connectivity index (χ1n) is 11.7. The highest BCUT2D eigenvalue weighted by Crippen LogP contribution is 2.51. The Labute approximate surface area is 228 Å². The van der Waals surface area contributed by atoms with E-state index in [1.807, 2.05) is 6.08 Å². The molecule has 2 heterocycles. The third-order valence-electron chi connectivity index (χ3n) is 7.22. The van der Waals surface area contributed by atoms with E-state index in [1.165, 1.54) is 28.6 Å². The number of nitrogens with zero attached hydrogens (tertiary/aromatic N) is 3. The standard InChI is InChI=1S/C27H19BrClN3O6/c1-38-21-10-13(9-18(29)25(21)35)22-15-7-8-30-26(36)31(14-5-3-2-4-6-14)27(37)32(30)19(15)11-16-23(22)20(33)12-17(28)24(16)34/h2-7,9-10,12,19,22,35H,8,11H2,1H3. The van der Waals surface area contributed by atoms with Gasteiger partial charge in [-0.3, -0.25) is 9.59 Å². The molecule has 0 radical (unpaired) electrons. The maximum absolute atomic E-state index is 13.7. The maximum Gasteiger partial charge on any atom is 0.352 e. The zero-order valence-electron chi connectivity index (χ0n) is 19.9. The molecule has 9 nitrogen and oxygen atoms in total. The summed E-state index contributed by atoms with van der Waals surface area (Å²) < 4.78 is 9.22. The zero-order valence-corrected chi connectivity index (χ0v) is 22.2. The fraction of sp³-hybridized carbons (Fsp3) is 0.185. The highest BCUT2D eigenvalue weighted by molar-refractivity contribution is 9.12. The number of methoxy groups -OCH3 is 1. The summed E-state index contributed by atoms with van der Waals surface area (Å²) in [6, 6.07) is 11.0. The molecular weight excluding hydrogens is 578 g/mol. The van der Waals surface area contributed by atoms with E-state index < -0.39 is 23.3 Å². The lowest BCUT2D eigenvalue weighted by Gasteiger charge is -2.39. The van der Waals surface area contributed by atoms with Gasteiger partial charge in [-0.1, -0.05) is 35.9 Å². The molecule has 6 rings (SSSR count). The average molecular weight is 597 g/mol. The third kappa shape index (κ3) is 3.44. The van der Waals surface area contributed by atoms with Crippen molar-refractivity contribution < 1.29 is 19.4 Å². The van der Waals surface area contributed by atoms with E-state index >= 15 is 0 Å². The first-order valence-corrected chi connectivity index (χ1v) is 12.9. The van der Waals surface area contributed by atoms with E-state index in [0.717, 1.165) is 4.57 Å². The molecule has 3 aromatic rings. The Morgan fingerprint density at radius 3 is 2.53 bits per heavy atom. The van der Waals surface area contributed by atoms with Gasteiger partial charge in [-0.25, -0.2) is 23.5 Å². The number of aromatic nitrogens is 3. The van der Waals surface area contributed by atoms with Gasteiger partial charge in [0.05, 0.1) is 34.9 Å². The van der Waals surface area contributed by atoms with Crippen molar-refractivity contribution in [3.05, 3.63) is 107 Å². The van der Waals surface area contributed by atoms with Crippen LogP contribution in [-0.2, 0) is 16.1 Å². The number of halogens is 2. The van der Waals surface area contributed by atoms with Gasteiger partial charge >= 0.3 is 11.4 Å². The van der Waals surface area contributed by atoms with Gasteiger partial charge in [-0.05, 0) is 51.3 Å². The molecule has 2 aromatic carbocycles. The molecule has 0 fully saturated rings. The number of carbonyl (C=O) groups excluding carboxylic acids is 2. The van der Waals surface area contributed by atoms with E-state index in [2.05, 4.69) is 15.9 Å². The molecule has 11 heteroatoms. The summed E-state index contributed by atoms with van der Waals surface area (Å²) in [5.41, 5.74) is 1.07. The molecule has 0 amide bonds. The second kappa shape index (κ2) is 8.85. The van der Waals surface area contributed by atoms with Gasteiger partial charge in [-0.15, -0.1) is 0 Å². The largest absolute Gasteiger partial charge is 0.503 e. The number of allylic oxidation sites excluding steroid dienone is 6. The summed E-state index contributed by atoms with van der Waals surface area (Å²) in [7, 11) is 1.38. The molecule has 38 heavy (non-hydrogen) atoms. The number of carbonyl (C=O) groups is 2. The molecular formula is C27H19BrClN3O6. The van der Waals surface area contributed by atoms with Gasteiger partial charge in [0.15, 0.2) is 23.1 Å². The lowest BCUT2D eigenvalue weighted by Crippen LogP contribution is -2.40. The molecule has 3 aliphatic rings. The van der Waals surface area contributed by atoms with E-state index in [9.17, 15) is 24.3 Å². The molecule has 0 bridgehead atoms. The first kappa shape index (κ1) is 24.4. The van der Waals surface area contributed by atoms with Crippen LogP contribution in [0.1, 0.15) is 23.9 Å². The van der Waals surface area contributed by atoms with Crippen molar-refractivity contribution in [3.8, 4) is 17.2 Å². The van der Waals surface area contributed by atoms with Crippen LogP contribution in [0.15, 0.2) is 85.4 Å². The Hall–Kier alpha value is -3.89. The Morgan fingerprint density at radius 1 is 1.08 bits per heavy atom. The SMILES string of the molecule is COc1cc(C2C3=CCn4c(=O)n(-c5ccccc5)c(=O)n4C3CC3=C2C(=O)C=C(Br)C3=O)cc(Cl)c1O. The summed E-state index contributed by atoms with van der Waals surface area (Å²) in [5.74, 6) is -1.63. The molecule has 1 N–H and O–H groups in total. The predicted molar refractivity (Wildman–Crippen MR) is 142 cm³/mol. The highest BCUT2D eigenvalue weighted by Gasteiger charge is 2.45. The van der Waals surface area contributed by atoms with Crippen LogP contribution >= 0.6 is 27.5 Å². The van der Waals surface area contributed by atoms with Gasteiger partial charge in [-0.2, -0.15) is 0 Å². The maximum atomic E-state index is 13.7. The van der Waals surface area contributed by atoms with Crippen LogP contribution in [0.5, 0.6) is 11.5 Å². The van der Waals surface area contributed by atoms with Crippen LogP contribution in [0.2, 0.25) is 5.02 Å². The lowest BCUT2D eigenvalue weighted by molar-refractivity contribution is -0.115. The minimum Gasteiger partial charge on any atom is -0.503 e. The number of ketones is 2. The number of Topliss-reactive ketones (excluding diaryl/α,β-unsaturated/α-hetero) is 1. The number of benzene rings is 2. The summed E-state index contributed by atoms with van der Waals surface area (Å²) >= 11 is 9.51. The van der Waals surface area contributed by atoms with Crippen LogP contribution in [-0.4, -0.2) is 37.7 Å². The Balaban J connectivity index is 1.61. The van der Waals surface area contributed by atoms with Crippen molar-refractivity contribution in [1.29, 1.82) is 0 Å². The smallest absolute Gasteiger partial charge is 0.352 e. The number of rotatable bonds is 3. The molecule has 0 spiro atoms. The quantitative estimate of drug-likeness (QED) is 0.366. The Kier molecular flexibility index (Phi) is 5.69. The van der Waals surface area contributed by atoms with Crippen molar-refractivity contribution in [1.82, 2.24) is 13.9 Å². The number of hydrogen-bond acceptors (Lipinski definition) is 6. The van der Waals surface area contributed by atoms with Gasteiger partial charge in [0.25, 0.3) is 0 Å². The first-order chi connectivity index (χ1) is 18.2. The van der Waals surface area contributed by atoms with Crippen molar-refractivity contribution in [2.45, 2.75) is 24.9 Å². The van der Waals surface area contributed by atoms with Gasteiger partial charge in [0.2, 0.25) is 0 Å². The Morgan fingerprint density at radius 2 is 1.82 bits per heavy atom. The fourth-order valence-electron chi connectivity index (χ4n) is 5.57. The van der Waals surface area contributed by atoms with Crippen molar-refractivity contribution in [2.24, 2.45) is 0 Å². The number of phenols is 1. The van der Waals surface area contributed by atoms with Gasteiger partial charge < -0.3 is 9.84 Å². The number of fused-ring (bicyclic) bond motifs is 3. The zero-order chi connectivity index (χ0) is 26.9. The fourth-order valence-corrected chi connectivity index (χ4v) is 6.24. The predicted octanol–water partition coefficient (Wildman–Crippen LogP) is 3.56. The second-order valence-electron chi connectivity index (χ2n) is 9.15. The summed E-state index contributed by atoms with van der Waals surface area (Å²) in [4.78, 5) is 53.7. The van der Waals surface area contributed by atoms with Crippen LogP contribution in [0.3, 0.4) is 0 Å². The molecule has 0 saturated carbocycles. The third-order valence-corrected chi connectivity index (χ3v) is 8.09. The highest BCUT2D eigenvalue weighted by atomic mass is 79.9. The van der Waals surface area contributed by atoms with Gasteiger partial charge in [0.1, 0.15) is 0 Å². The topological polar surface area (TPSA) is 113 Å². The summed E-state index contributed by atoms with van der Waals surface area (Å²) in [6.45, 7) is 0.0868. The Bertz CT molecular complexity index is 1780. The molecule has 192 valence electrons. The van der Waals surface area contributed by atoms with E-state index in [-0.39, 0.29) is 56.7 Å². The van der Waals surface area contributed by atoms with Crippen LogP contribution in [0.4, 0.5) is 0 Å². The average Bonchev–Trinajstić information content (AvgIpc) is 3.17. The number of phenolic OH excluding ortho intramolecular Hbond substituents is 1. The molecule has 2 atom stereocenters. The normalized spacial score (nSPS) is 20.4. The van der Waals surface area contributed by atoms with Crippen LogP contribution in [0.25, 0.3) is 5.69 Å². The van der Waals surface area contributed by atoms with Crippen molar-refractivity contribution in [2.75, 3.05) is 7.11 Å². The van der Waals surface area contributed by atoms with Gasteiger partial charge in [0, 0.05) is 29.6 Å². The molecule has 1 aliphatic heterocycles. The second-order valence-corrected chi connectivity index (χ2v) is 10.4. The molecule has 0 saturated heterocycles. The number of aromatic hydroxyl groups is 1. The van der Waals surface area contributed by atoms with Crippen molar-refractivity contribution in [3.63, 3.8) is 0 Å². The monoisotopic (exact) mass is 595 g/mol. The summed E-state index contributed by atoms with van der Waals surface area (Å²) in [5, 5.41) is 10.3. The minimum atomic E-state index is -0.764. The number of hydrogen-bond donors (Lipinski definition) is 1. The van der Waals surface area contributed by atoms with E-state index in [4.69, 9.17) is 16.3 Å². The molecule has 2 unspecified atom stereocenters. The molecule has 2 aliphatic carbocycles. The lowest BCUT2D eigenvalue weighted by atomic mass is 9.69. The van der Waals surface area contributed by atoms with Crippen LogP contribution in [0, 0.1) is 0 Å². The minimum absolute atomic E-state index is 0.00986. The molecule has 1 aromatic heterocycles.